The highest BCUT2D eigenvalue weighted by Crippen LogP contribution is 2.10. The van der Waals surface area contributed by atoms with E-state index < -0.39 is 0 Å². The van der Waals surface area contributed by atoms with Crippen molar-refractivity contribution >= 4 is 11.8 Å². The molecule has 1 saturated heterocycles. The molecule has 0 aliphatic carbocycles. The van der Waals surface area contributed by atoms with Gasteiger partial charge in [0.25, 0.3) is 0 Å². The van der Waals surface area contributed by atoms with Crippen molar-refractivity contribution in [3.8, 4) is 0 Å². The largest absolute Gasteiger partial charge is 0.339 e. The summed E-state index contributed by atoms with van der Waals surface area (Å²) < 4.78 is 0. The van der Waals surface area contributed by atoms with Gasteiger partial charge in [-0.15, -0.1) is 0 Å². The molecule has 2 amide bonds. The molecule has 3 rings (SSSR count). The lowest BCUT2D eigenvalue weighted by Gasteiger charge is -2.35. The van der Waals surface area contributed by atoms with E-state index in [1.807, 2.05) is 65.3 Å². The Morgan fingerprint density at radius 2 is 1.28 bits per heavy atom. The summed E-state index contributed by atoms with van der Waals surface area (Å²) in [5.41, 5.74) is 3.25. The van der Waals surface area contributed by atoms with E-state index in [1.54, 1.807) is 0 Å². The van der Waals surface area contributed by atoms with Crippen LogP contribution in [0.25, 0.3) is 0 Å². The fraction of sp³-hybridized carbons (Fsp3) is 0.333. The predicted molar refractivity (Wildman–Crippen MR) is 98.2 cm³/mol. The molecule has 1 fully saturated rings. The van der Waals surface area contributed by atoms with E-state index in [0.29, 0.717) is 39.0 Å². The second-order valence-electron chi connectivity index (χ2n) is 6.59. The van der Waals surface area contributed by atoms with Gasteiger partial charge in [0.15, 0.2) is 0 Å². The molecular formula is C21H24N2O2. The number of amides is 2. The van der Waals surface area contributed by atoms with E-state index in [-0.39, 0.29) is 11.8 Å². The first-order valence-electron chi connectivity index (χ1n) is 8.77. The quantitative estimate of drug-likeness (QED) is 0.860. The number of hydrogen-bond acceptors (Lipinski definition) is 2. The molecule has 0 unspecified atom stereocenters. The normalized spacial score (nSPS) is 14.4. The minimum Gasteiger partial charge on any atom is -0.339 e. The summed E-state index contributed by atoms with van der Waals surface area (Å²) in [6.07, 6.45) is 0.859. The van der Waals surface area contributed by atoms with Crippen LogP contribution in [0.15, 0.2) is 54.6 Å². The topological polar surface area (TPSA) is 40.6 Å². The van der Waals surface area contributed by atoms with Crippen LogP contribution in [0.2, 0.25) is 0 Å². The standard InChI is InChI=1S/C21H24N2O2/c1-17-6-5-9-19(14-17)16-21(25)23-12-10-22(11-13-23)20(24)15-18-7-3-2-4-8-18/h2-9,14H,10-13,15-16H2,1H3. The molecule has 0 bridgehead atoms. The van der Waals surface area contributed by atoms with Crippen LogP contribution in [-0.4, -0.2) is 47.8 Å². The lowest BCUT2D eigenvalue weighted by Crippen LogP contribution is -2.51. The zero-order valence-corrected chi connectivity index (χ0v) is 14.6. The molecule has 0 atom stereocenters. The Hall–Kier alpha value is -2.62. The number of rotatable bonds is 4. The third-order valence-corrected chi connectivity index (χ3v) is 4.62. The highest BCUT2D eigenvalue weighted by Gasteiger charge is 2.24. The third kappa shape index (κ3) is 4.69. The highest BCUT2D eigenvalue weighted by molar-refractivity contribution is 5.81. The van der Waals surface area contributed by atoms with E-state index >= 15 is 0 Å². The first-order valence-corrected chi connectivity index (χ1v) is 8.77. The lowest BCUT2D eigenvalue weighted by atomic mass is 10.1. The van der Waals surface area contributed by atoms with Crippen LogP contribution in [0, 0.1) is 6.92 Å². The molecule has 1 aliphatic heterocycles. The van der Waals surface area contributed by atoms with E-state index in [4.69, 9.17) is 0 Å². The molecule has 4 heteroatoms. The van der Waals surface area contributed by atoms with Crippen molar-refractivity contribution in [2.45, 2.75) is 19.8 Å². The molecule has 130 valence electrons. The molecule has 2 aromatic rings. The second kappa shape index (κ2) is 7.97. The van der Waals surface area contributed by atoms with E-state index in [0.717, 1.165) is 11.1 Å². The molecule has 0 radical (unpaired) electrons. The maximum Gasteiger partial charge on any atom is 0.227 e. The number of piperazine rings is 1. The fourth-order valence-corrected chi connectivity index (χ4v) is 3.20. The molecule has 0 saturated carbocycles. The molecule has 1 aliphatic rings. The fourth-order valence-electron chi connectivity index (χ4n) is 3.20. The Morgan fingerprint density at radius 3 is 1.84 bits per heavy atom. The summed E-state index contributed by atoms with van der Waals surface area (Å²) in [5, 5.41) is 0. The van der Waals surface area contributed by atoms with Gasteiger partial charge in [-0.05, 0) is 18.1 Å². The number of nitrogens with zero attached hydrogens (tertiary/aromatic N) is 2. The Labute approximate surface area is 149 Å². The van der Waals surface area contributed by atoms with Gasteiger partial charge in [0.2, 0.25) is 11.8 Å². The first kappa shape index (κ1) is 17.2. The predicted octanol–water partition coefficient (Wildman–Crippen LogP) is 2.45. The minimum absolute atomic E-state index is 0.136. The maximum absolute atomic E-state index is 12.5. The van der Waals surface area contributed by atoms with Gasteiger partial charge in [0.05, 0.1) is 12.8 Å². The summed E-state index contributed by atoms with van der Waals surface area (Å²) >= 11 is 0. The zero-order valence-electron chi connectivity index (χ0n) is 14.6. The van der Waals surface area contributed by atoms with Gasteiger partial charge < -0.3 is 9.80 Å². The van der Waals surface area contributed by atoms with Crippen molar-refractivity contribution in [2.24, 2.45) is 0 Å². The van der Waals surface area contributed by atoms with Crippen molar-refractivity contribution in [1.29, 1.82) is 0 Å². The van der Waals surface area contributed by atoms with E-state index in [2.05, 4.69) is 6.07 Å². The second-order valence-corrected chi connectivity index (χ2v) is 6.59. The van der Waals surface area contributed by atoms with Gasteiger partial charge in [0.1, 0.15) is 0 Å². The van der Waals surface area contributed by atoms with Crippen LogP contribution in [0.4, 0.5) is 0 Å². The number of hydrogen-bond donors (Lipinski definition) is 0. The third-order valence-electron chi connectivity index (χ3n) is 4.62. The Morgan fingerprint density at radius 1 is 0.760 bits per heavy atom. The van der Waals surface area contributed by atoms with Crippen LogP contribution in [0.5, 0.6) is 0 Å². The van der Waals surface area contributed by atoms with E-state index in [1.165, 1.54) is 5.56 Å². The van der Waals surface area contributed by atoms with Gasteiger partial charge in [-0.2, -0.15) is 0 Å². The van der Waals surface area contributed by atoms with Gasteiger partial charge >= 0.3 is 0 Å². The number of aryl methyl sites for hydroxylation is 1. The molecule has 0 aromatic heterocycles. The maximum atomic E-state index is 12.5. The monoisotopic (exact) mass is 336 g/mol. The summed E-state index contributed by atoms with van der Waals surface area (Å²) in [6, 6.07) is 17.9. The van der Waals surface area contributed by atoms with Crippen LogP contribution in [0.1, 0.15) is 16.7 Å². The van der Waals surface area contributed by atoms with Crippen LogP contribution < -0.4 is 0 Å². The molecule has 2 aromatic carbocycles. The van der Waals surface area contributed by atoms with Gasteiger partial charge in [-0.3, -0.25) is 9.59 Å². The van der Waals surface area contributed by atoms with Crippen molar-refractivity contribution in [3.63, 3.8) is 0 Å². The molecule has 1 heterocycles. The number of benzene rings is 2. The van der Waals surface area contributed by atoms with E-state index in [9.17, 15) is 9.59 Å². The summed E-state index contributed by atoms with van der Waals surface area (Å²) in [4.78, 5) is 28.6. The Balaban J connectivity index is 1.49. The highest BCUT2D eigenvalue weighted by atomic mass is 16.2. The molecule has 4 nitrogen and oxygen atoms in total. The molecule has 25 heavy (non-hydrogen) atoms. The average Bonchev–Trinajstić information content (AvgIpc) is 2.62. The average molecular weight is 336 g/mol. The van der Waals surface area contributed by atoms with Crippen molar-refractivity contribution in [1.82, 2.24) is 9.80 Å². The first-order chi connectivity index (χ1) is 12.1. The summed E-state index contributed by atoms with van der Waals surface area (Å²) in [5.74, 6) is 0.276. The molecule has 0 spiro atoms. The summed E-state index contributed by atoms with van der Waals surface area (Å²) in [6.45, 7) is 4.50. The molecule has 0 N–H and O–H groups in total. The summed E-state index contributed by atoms with van der Waals surface area (Å²) in [7, 11) is 0. The van der Waals surface area contributed by atoms with Gasteiger partial charge in [-0.25, -0.2) is 0 Å². The van der Waals surface area contributed by atoms with Crippen molar-refractivity contribution < 1.29 is 9.59 Å². The molecular weight excluding hydrogens is 312 g/mol. The Kier molecular flexibility index (Phi) is 5.49. The lowest BCUT2D eigenvalue weighted by molar-refractivity contribution is -0.138. The van der Waals surface area contributed by atoms with Crippen LogP contribution >= 0.6 is 0 Å². The zero-order chi connectivity index (χ0) is 17.6. The van der Waals surface area contributed by atoms with Gasteiger partial charge in [0, 0.05) is 26.2 Å². The van der Waals surface area contributed by atoms with Crippen LogP contribution in [0.3, 0.4) is 0 Å². The smallest absolute Gasteiger partial charge is 0.227 e. The SMILES string of the molecule is Cc1cccc(CC(=O)N2CCN(C(=O)Cc3ccccc3)CC2)c1. The number of carbonyl (C=O) groups excluding carboxylic acids is 2. The minimum atomic E-state index is 0.136. The number of carbonyl (C=O) groups is 2. The Bertz CT molecular complexity index is 735. The van der Waals surface area contributed by atoms with Crippen LogP contribution in [-0.2, 0) is 22.4 Å². The van der Waals surface area contributed by atoms with Crippen molar-refractivity contribution in [2.75, 3.05) is 26.2 Å². The van der Waals surface area contributed by atoms with Gasteiger partial charge in [-0.1, -0.05) is 60.2 Å². The van der Waals surface area contributed by atoms with Crippen molar-refractivity contribution in [3.05, 3.63) is 71.3 Å².